The van der Waals surface area contributed by atoms with Gasteiger partial charge in [0.05, 0.1) is 24.2 Å². The lowest BCUT2D eigenvalue weighted by Gasteiger charge is -2.36. The molecule has 1 aromatic carbocycles. The fraction of sp³-hybridized carbons (Fsp3) is 0.409. The Morgan fingerprint density at radius 1 is 1.13 bits per heavy atom. The van der Waals surface area contributed by atoms with Gasteiger partial charge < -0.3 is 19.3 Å². The summed E-state index contributed by atoms with van der Waals surface area (Å²) >= 11 is 1.54. The lowest BCUT2D eigenvalue weighted by atomic mass is 9.73. The van der Waals surface area contributed by atoms with E-state index in [9.17, 15) is 4.79 Å². The standard InChI is InChI=1S/C22H23N3O4S/c1-14-23-19(29-25-14)18-16-7-10-28-13-17(16)30-20(18)24-21(26)22(8-11-27-12-9-22)15-5-3-2-4-6-15/h2-6H,7-13H2,1H3,(H,24,26). The van der Waals surface area contributed by atoms with Gasteiger partial charge in [-0.3, -0.25) is 4.79 Å². The number of nitrogens with one attached hydrogen (secondary N) is 1. The summed E-state index contributed by atoms with van der Waals surface area (Å²) in [5.74, 6) is 0.997. The second kappa shape index (κ2) is 7.94. The first-order valence-corrected chi connectivity index (χ1v) is 11.0. The fourth-order valence-corrected chi connectivity index (χ4v) is 5.46. The maximum absolute atomic E-state index is 13.7. The van der Waals surface area contributed by atoms with Gasteiger partial charge in [0.15, 0.2) is 5.82 Å². The third-order valence-electron chi connectivity index (χ3n) is 5.90. The molecule has 7 nitrogen and oxygen atoms in total. The van der Waals surface area contributed by atoms with E-state index in [1.165, 1.54) is 11.3 Å². The molecule has 156 valence electrons. The first-order chi connectivity index (χ1) is 14.7. The Kier molecular flexibility index (Phi) is 5.14. The lowest BCUT2D eigenvalue weighted by Crippen LogP contribution is -2.44. The van der Waals surface area contributed by atoms with Crippen LogP contribution in [0.5, 0.6) is 0 Å². The molecule has 2 aliphatic rings. The number of anilines is 1. The van der Waals surface area contributed by atoms with Crippen LogP contribution in [0.1, 0.15) is 34.7 Å². The van der Waals surface area contributed by atoms with Crippen LogP contribution in [0.15, 0.2) is 34.9 Å². The molecule has 0 unspecified atom stereocenters. The van der Waals surface area contributed by atoms with Crippen molar-refractivity contribution in [3.05, 3.63) is 52.2 Å². The largest absolute Gasteiger partial charge is 0.381 e. The normalized spacial score (nSPS) is 18.0. The van der Waals surface area contributed by atoms with Crippen LogP contribution in [0.2, 0.25) is 0 Å². The highest BCUT2D eigenvalue weighted by Crippen LogP contribution is 2.44. The van der Waals surface area contributed by atoms with Crippen LogP contribution in [0.25, 0.3) is 11.5 Å². The molecule has 4 heterocycles. The van der Waals surface area contributed by atoms with Crippen LogP contribution in [-0.4, -0.2) is 35.9 Å². The number of rotatable bonds is 4. The van der Waals surface area contributed by atoms with Gasteiger partial charge in [-0.1, -0.05) is 35.5 Å². The minimum atomic E-state index is -0.622. The summed E-state index contributed by atoms with van der Waals surface area (Å²) in [5, 5.41) is 7.93. The van der Waals surface area contributed by atoms with Crippen molar-refractivity contribution >= 4 is 22.2 Å². The molecule has 8 heteroatoms. The quantitative estimate of drug-likeness (QED) is 0.683. The second-order valence-corrected chi connectivity index (χ2v) is 8.78. The molecule has 2 aromatic heterocycles. The zero-order chi connectivity index (χ0) is 20.6. The van der Waals surface area contributed by atoms with Gasteiger partial charge in [-0.2, -0.15) is 4.98 Å². The van der Waals surface area contributed by atoms with Crippen molar-refractivity contribution in [3.8, 4) is 11.5 Å². The number of ether oxygens (including phenoxy) is 2. The molecular formula is C22H23N3O4S. The number of carbonyl (C=O) groups excluding carboxylic acids is 1. The molecular weight excluding hydrogens is 402 g/mol. The Labute approximate surface area is 178 Å². The Balaban J connectivity index is 1.55. The number of fused-ring (bicyclic) bond motifs is 1. The summed E-state index contributed by atoms with van der Waals surface area (Å²) in [5.41, 5.74) is 2.36. The molecule has 0 spiro atoms. The summed E-state index contributed by atoms with van der Waals surface area (Å²) in [6.45, 7) is 4.09. The number of aromatic nitrogens is 2. The van der Waals surface area contributed by atoms with Crippen molar-refractivity contribution in [2.75, 3.05) is 25.1 Å². The average molecular weight is 426 g/mol. The number of hydrogen-bond acceptors (Lipinski definition) is 7. The highest BCUT2D eigenvalue weighted by molar-refractivity contribution is 7.17. The average Bonchev–Trinajstić information content (AvgIpc) is 3.37. The number of carbonyl (C=O) groups is 1. The lowest BCUT2D eigenvalue weighted by molar-refractivity contribution is -0.125. The molecule has 0 radical (unpaired) electrons. The van der Waals surface area contributed by atoms with Gasteiger partial charge in [0, 0.05) is 18.1 Å². The van der Waals surface area contributed by atoms with Crippen molar-refractivity contribution in [1.29, 1.82) is 0 Å². The molecule has 0 saturated carbocycles. The van der Waals surface area contributed by atoms with E-state index in [4.69, 9.17) is 14.0 Å². The van der Waals surface area contributed by atoms with E-state index in [1.54, 1.807) is 6.92 Å². The van der Waals surface area contributed by atoms with Gasteiger partial charge in [0.1, 0.15) is 5.00 Å². The number of thiophene rings is 1. The highest BCUT2D eigenvalue weighted by Gasteiger charge is 2.42. The number of aryl methyl sites for hydroxylation is 1. The SMILES string of the molecule is Cc1noc(-c2c(NC(=O)C3(c4ccccc4)CCOCC3)sc3c2CCOC3)n1. The molecule has 2 aliphatic heterocycles. The summed E-state index contributed by atoms with van der Waals surface area (Å²) < 4.78 is 16.7. The molecule has 0 aliphatic carbocycles. The first kappa shape index (κ1) is 19.4. The maximum atomic E-state index is 13.7. The summed E-state index contributed by atoms with van der Waals surface area (Å²) in [4.78, 5) is 19.3. The molecule has 1 fully saturated rings. The fourth-order valence-electron chi connectivity index (χ4n) is 4.29. The van der Waals surface area contributed by atoms with Crippen LogP contribution in [0.3, 0.4) is 0 Å². The predicted octanol–water partition coefficient (Wildman–Crippen LogP) is 3.87. The summed E-state index contributed by atoms with van der Waals surface area (Å²) in [6.07, 6.45) is 2.05. The molecule has 5 rings (SSSR count). The van der Waals surface area contributed by atoms with E-state index >= 15 is 0 Å². The van der Waals surface area contributed by atoms with Crippen molar-refractivity contribution in [1.82, 2.24) is 10.1 Å². The Morgan fingerprint density at radius 2 is 1.93 bits per heavy atom. The van der Waals surface area contributed by atoms with E-state index in [1.807, 2.05) is 30.3 Å². The molecule has 30 heavy (non-hydrogen) atoms. The number of amides is 1. The molecule has 1 saturated heterocycles. The zero-order valence-corrected chi connectivity index (χ0v) is 17.6. The number of nitrogens with zero attached hydrogens (tertiary/aromatic N) is 2. The zero-order valence-electron chi connectivity index (χ0n) is 16.8. The topological polar surface area (TPSA) is 86.5 Å². The van der Waals surface area contributed by atoms with E-state index in [-0.39, 0.29) is 5.91 Å². The van der Waals surface area contributed by atoms with Crippen LogP contribution < -0.4 is 5.32 Å². The Hall–Kier alpha value is -2.55. The first-order valence-electron chi connectivity index (χ1n) is 10.1. The van der Waals surface area contributed by atoms with E-state index in [0.717, 1.165) is 33.0 Å². The van der Waals surface area contributed by atoms with Gasteiger partial charge in [-0.15, -0.1) is 11.3 Å². The third-order valence-corrected chi connectivity index (χ3v) is 7.02. The van der Waals surface area contributed by atoms with Crippen molar-refractivity contribution in [2.24, 2.45) is 0 Å². The van der Waals surface area contributed by atoms with Gasteiger partial charge in [0.2, 0.25) is 5.91 Å². The van der Waals surface area contributed by atoms with Crippen molar-refractivity contribution < 1.29 is 18.8 Å². The molecule has 1 N–H and O–H groups in total. The predicted molar refractivity (Wildman–Crippen MR) is 113 cm³/mol. The van der Waals surface area contributed by atoms with Crippen molar-refractivity contribution in [2.45, 2.75) is 38.2 Å². The van der Waals surface area contributed by atoms with E-state index in [0.29, 0.717) is 51.0 Å². The van der Waals surface area contributed by atoms with Gasteiger partial charge >= 0.3 is 0 Å². The Morgan fingerprint density at radius 3 is 2.67 bits per heavy atom. The number of benzene rings is 1. The van der Waals surface area contributed by atoms with Gasteiger partial charge in [0.25, 0.3) is 5.89 Å². The molecule has 0 bridgehead atoms. The summed E-state index contributed by atoms with van der Waals surface area (Å²) in [7, 11) is 0. The molecule has 3 aromatic rings. The van der Waals surface area contributed by atoms with Crippen LogP contribution in [0.4, 0.5) is 5.00 Å². The highest BCUT2D eigenvalue weighted by atomic mass is 32.1. The smallest absolute Gasteiger partial charge is 0.261 e. The molecule has 1 amide bonds. The van der Waals surface area contributed by atoms with Crippen LogP contribution in [0, 0.1) is 6.92 Å². The van der Waals surface area contributed by atoms with Crippen molar-refractivity contribution in [3.63, 3.8) is 0 Å². The van der Waals surface area contributed by atoms with Gasteiger partial charge in [-0.05, 0) is 37.3 Å². The van der Waals surface area contributed by atoms with E-state index in [2.05, 4.69) is 15.5 Å². The molecule has 0 atom stereocenters. The van der Waals surface area contributed by atoms with Crippen LogP contribution >= 0.6 is 11.3 Å². The maximum Gasteiger partial charge on any atom is 0.261 e. The monoisotopic (exact) mass is 425 g/mol. The third kappa shape index (κ3) is 3.34. The number of hydrogen-bond donors (Lipinski definition) is 1. The van der Waals surface area contributed by atoms with E-state index < -0.39 is 5.41 Å². The minimum absolute atomic E-state index is 0.0194. The Bertz CT molecular complexity index is 1050. The van der Waals surface area contributed by atoms with Gasteiger partial charge in [-0.25, -0.2) is 0 Å². The van der Waals surface area contributed by atoms with Crippen LogP contribution in [-0.2, 0) is 32.7 Å². The summed E-state index contributed by atoms with van der Waals surface area (Å²) in [6, 6.07) is 9.99. The second-order valence-electron chi connectivity index (χ2n) is 7.67. The minimum Gasteiger partial charge on any atom is -0.381 e.